The molecule has 0 aromatic heterocycles. The Hall–Kier alpha value is -0.500. The fourth-order valence-electron chi connectivity index (χ4n) is 1.15. The molecule has 0 bridgehead atoms. The third kappa shape index (κ3) is 2.24. The first-order chi connectivity index (χ1) is 5.61. The Morgan fingerprint density at radius 1 is 1.25 bits per heavy atom. The minimum Gasteiger partial charge on any atom is -0.479 e. The predicted octanol–water partition coefficient (Wildman–Crippen LogP) is 3.42. The van der Waals surface area contributed by atoms with Crippen LogP contribution < -0.4 is 4.74 Å². The van der Waals surface area contributed by atoms with Gasteiger partial charge in [-0.05, 0) is 47.8 Å². The molecule has 0 amide bonds. The maximum absolute atomic E-state index is 5.59. The summed E-state index contributed by atoms with van der Waals surface area (Å²) in [6, 6.07) is 6.14. The van der Waals surface area contributed by atoms with Crippen molar-refractivity contribution in [3.05, 3.63) is 29.3 Å². The normalized spacial score (nSPS) is 12.7. The van der Waals surface area contributed by atoms with Crippen molar-refractivity contribution in [3.63, 3.8) is 0 Å². The largest absolute Gasteiger partial charge is 0.479 e. The number of rotatable bonds is 2. The molecule has 1 aromatic carbocycles. The predicted molar refractivity (Wildman–Crippen MR) is 54.9 cm³/mol. The van der Waals surface area contributed by atoms with Crippen LogP contribution in [0.5, 0.6) is 5.75 Å². The molecule has 0 heterocycles. The third-order valence-electron chi connectivity index (χ3n) is 1.69. The van der Waals surface area contributed by atoms with Crippen LogP contribution >= 0.6 is 15.9 Å². The van der Waals surface area contributed by atoms with Crippen molar-refractivity contribution >= 4 is 15.9 Å². The summed E-state index contributed by atoms with van der Waals surface area (Å²) in [4.78, 5) is 0. The van der Waals surface area contributed by atoms with E-state index in [1.54, 1.807) is 0 Å². The lowest BCUT2D eigenvalue weighted by atomic mass is 10.1. The van der Waals surface area contributed by atoms with E-state index in [9.17, 15) is 0 Å². The number of halogens is 1. The van der Waals surface area contributed by atoms with Crippen LogP contribution in [-0.2, 0) is 0 Å². The SMILES string of the molecule is Cc1cccc(C)c1OC(C)Br. The number of para-hydroxylation sites is 1. The molecular weight excluding hydrogens is 216 g/mol. The smallest absolute Gasteiger partial charge is 0.150 e. The van der Waals surface area contributed by atoms with Gasteiger partial charge in [0.15, 0.2) is 5.01 Å². The lowest BCUT2D eigenvalue weighted by Gasteiger charge is -2.13. The average molecular weight is 229 g/mol. The summed E-state index contributed by atoms with van der Waals surface area (Å²) in [6.07, 6.45) is 0. The van der Waals surface area contributed by atoms with Gasteiger partial charge < -0.3 is 4.74 Å². The molecule has 0 spiro atoms. The summed E-state index contributed by atoms with van der Waals surface area (Å²) in [7, 11) is 0. The Morgan fingerprint density at radius 2 is 1.75 bits per heavy atom. The van der Waals surface area contributed by atoms with Gasteiger partial charge in [0.2, 0.25) is 0 Å². The molecule has 0 radical (unpaired) electrons. The monoisotopic (exact) mass is 228 g/mol. The number of benzene rings is 1. The standard InChI is InChI=1S/C10H13BrO/c1-7-5-4-6-8(2)10(7)12-9(3)11/h4-6,9H,1-3H3. The molecule has 66 valence electrons. The van der Waals surface area contributed by atoms with E-state index >= 15 is 0 Å². The lowest BCUT2D eigenvalue weighted by molar-refractivity contribution is 0.310. The van der Waals surface area contributed by atoms with Gasteiger partial charge >= 0.3 is 0 Å². The van der Waals surface area contributed by atoms with Crippen LogP contribution in [0, 0.1) is 13.8 Å². The van der Waals surface area contributed by atoms with E-state index in [0.717, 1.165) is 5.75 Å². The Balaban J connectivity index is 2.96. The van der Waals surface area contributed by atoms with Crippen molar-refractivity contribution in [2.24, 2.45) is 0 Å². The summed E-state index contributed by atoms with van der Waals surface area (Å²) in [6.45, 7) is 6.07. The molecule has 1 rings (SSSR count). The van der Waals surface area contributed by atoms with Gasteiger partial charge in [0.25, 0.3) is 0 Å². The average Bonchev–Trinajstić information content (AvgIpc) is 1.97. The highest BCUT2D eigenvalue weighted by Crippen LogP contribution is 2.24. The molecule has 0 aliphatic carbocycles. The van der Waals surface area contributed by atoms with Crippen molar-refractivity contribution in [3.8, 4) is 5.75 Å². The molecule has 0 N–H and O–H groups in total. The zero-order valence-electron chi connectivity index (χ0n) is 7.60. The van der Waals surface area contributed by atoms with E-state index < -0.39 is 0 Å². The second kappa shape index (κ2) is 3.94. The van der Waals surface area contributed by atoms with E-state index in [0.29, 0.717) is 0 Å². The van der Waals surface area contributed by atoms with E-state index in [4.69, 9.17) is 4.74 Å². The zero-order chi connectivity index (χ0) is 9.14. The number of alkyl halides is 1. The van der Waals surface area contributed by atoms with Crippen LogP contribution in [0.1, 0.15) is 18.1 Å². The van der Waals surface area contributed by atoms with E-state index in [-0.39, 0.29) is 5.01 Å². The molecule has 1 aromatic rings. The highest BCUT2D eigenvalue weighted by Gasteiger charge is 2.04. The fraction of sp³-hybridized carbons (Fsp3) is 0.400. The van der Waals surface area contributed by atoms with Crippen LogP contribution in [0.25, 0.3) is 0 Å². The summed E-state index contributed by atoms with van der Waals surface area (Å²) in [5, 5.41) is 0.0669. The Kier molecular flexibility index (Phi) is 3.15. The van der Waals surface area contributed by atoms with Gasteiger partial charge in [0.1, 0.15) is 5.75 Å². The van der Waals surface area contributed by atoms with Gasteiger partial charge in [-0.1, -0.05) is 18.2 Å². The minimum absolute atomic E-state index is 0.0669. The molecule has 1 nitrogen and oxygen atoms in total. The zero-order valence-corrected chi connectivity index (χ0v) is 9.18. The first kappa shape index (κ1) is 9.59. The van der Waals surface area contributed by atoms with Gasteiger partial charge in [-0.3, -0.25) is 0 Å². The number of hydrogen-bond acceptors (Lipinski definition) is 1. The Morgan fingerprint density at radius 3 is 2.17 bits per heavy atom. The molecule has 1 atom stereocenters. The Bertz CT molecular complexity index is 248. The number of hydrogen-bond donors (Lipinski definition) is 0. The fourth-order valence-corrected chi connectivity index (χ4v) is 1.33. The van der Waals surface area contributed by atoms with Crippen LogP contribution in [0.2, 0.25) is 0 Å². The maximum Gasteiger partial charge on any atom is 0.150 e. The highest BCUT2D eigenvalue weighted by atomic mass is 79.9. The second-order valence-corrected chi connectivity index (χ2v) is 4.17. The van der Waals surface area contributed by atoms with Gasteiger partial charge in [-0.2, -0.15) is 0 Å². The number of ether oxygens (including phenoxy) is 1. The molecule has 0 aliphatic heterocycles. The van der Waals surface area contributed by atoms with Gasteiger partial charge in [0.05, 0.1) is 0 Å². The molecule has 0 saturated heterocycles. The first-order valence-electron chi connectivity index (χ1n) is 3.98. The van der Waals surface area contributed by atoms with Gasteiger partial charge in [-0.15, -0.1) is 0 Å². The van der Waals surface area contributed by atoms with Crippen molar-refractivity contribution in [2.45, 2.75) is 25.8 Å². The van der Waals surface area contributed by atoms with E-state index in [1.165, 1.54) is 11.1 Å². The van der Waals surface area contributed by atoms with Gasteiger partial charge in [0, 0.05) is 0 Å². The first-order valence-corrected chi connectivity index (χ1v) is 4.90. The summed E-state index contributed by atoms with van der Waals surface area (Å²) >= 11 is 3.36. The van der Waals surface area contributed by atoms with Crippen molar-refractivity contribution in [2.75, 3.05) is 0 Å². The van der Waals surface area contributed by atoms with Crippen LogP contribution in [0.4, 0.5) is 0 Å². The van der Waals surface area contributed by atoms with Crippen LogP contribution in [0.3, 0.4) is 0 Å². The van der Waals surface area contributed by atoms with Crippen LogP contribution in [0.15, 0.2) is 18.2 Å². The summed E-state index contributed by atoms with van der Waals surface area (Å²) < 4.78 is 5.59. The summed E-state index contributed by atoms with van der Waals surface area (Å²) in [5.74, 6) is 0.988. The molecule has 0 aliphatic rings. The molecule has 0 fully saturated rings. The maximum atomic E-state index is 5.59. The lowest BCUT2D eigenvalue weighted by Crippen LogP contribution is -2.04. The van der Waals surface area contributed by atoms with Gasteiger partial charge in [-0.25, -0.2) is 0 Å². The molecule has 1 unspecified atom stereocenters. The quantitative estimate of drug-likeness (QED) is 0.706. The minimum atomic E-state index is 0.0669. The highest BCUT2D eigenvalue weighted by molar-refractivity contribution is 9.09. The Labute approximate surface area is 81.9 Å². The molecule has 0 saturated carbocycles. The van der Waals surface area contributed by atoms with Crippen molar-refractivity contribution < 1.29 is 4.74 Å². The van der Waals surface area contributed by atoms with Crippen molar-refractivity contribution in [1.82, 2.24) is 0 Å². The second-order valence-electron chi connectivity index (χ2n) is 2.88. The molecule has 2 heteroatoms. The number of aryl methyl sites for hydroxylation is 2. The molecular formula is C10H13BrO. The van der Waals surface area contributed by atoms with Crippen molar-refractivity contribution in [1.29, 1.82) is 0 Å². The van der Waals surface area contributed by atoms with Crippen LogP contribution in [-0.4, -0.2) is 5.01 Å². The summed E-state index contributed by atoms with van der Waals surface area (Å²) in [5.41, 5.74) is 2.36. The topological polar surface area (TPSA) is 9.23 Å². The molecule has 12 heavy (non-hydrogen) atoms. The van der Waals surface area contributed by atoms with E-state index in [1.807, 2.05) is 13.0 Å². The third-order valence-corrected chi connectivity index (χ3v) is 1.88. The van der Waals surface area contributed by atoms with E-state index in [2.05, 4.69) is 41.9 Å².